The molecule has 0 bridgehead atoms. The molecule has 4 nitrogen and oxygen atoms in total. The van der Waals surface area contributed by atoms with E-state index in [1.54, 1.807) is 18.2 Å². The Morgan fingerprint density at radius 2 is 2.32 bits per heavy atom. The van der Waals surface area contributed by atoms with E-state index >= 15 is 0 Å². The van der Waals surface area contributed by atoms with Crippen molar-refractivity contribution in [2.45, 2.75) is 19.4 Å². The standard InChI is InChI=1S/C13H15ClN2O2S/c1-7-4-5-18-11(7)13(17)16-10-3-2-8(12(15)19)6-9(10)14/h2-3,6-7,11H,4-5H2,1H3,(H2,15,19)(H,16,17). The summed E-state index contributed by atoms with van der Waals surface area (Å²) in [5, 5.41) is 3.18. The number of thiocarbonyl (C=S) groups is 1. The van der Waals surface area contributed by atoms with Crippen molar-refractivity contribution in [3.8, 4) is 0 Å². The van der Waals surface area contributed by atoms with E-state index in [4.69, 9.17) is 34.3 Å². The summed E-state index contributed by atoms with van der Waals surface area (Å²) in [6.07, 6.45) is 0.484. The molecule has 0 spiro atoms. The number of hydrogen-bond acceptors (Lipinski definition) is 3. The van der Waals surface area contributed by atoms with Crippen LogP contribution in [0.5, 0.6) is 0 Å². The van der Waals surface area contributed by atoms with Gasteiger partial charge in [-0.25, -0.2) is 0 Å². The van der Waals surface area contributed by atoms with Gasteiger partial charge in [-0.1, -0.05) is 30.7 Å². The average Bonchev–Trinajstić information content (AvgIpc) is 2.77. The second-order valence-electron chi connectivity index (χ2n) is 4.61. The van der Waals surface area contributed by atoms with E-state index in [-0.39, 0.29) is 16.8 Å². The minimum atomic E-state index is -0.411. The monoisotopic (exact) mass is 298 g/mol. The van der Waals surface area contributed by atoms with Crippen molar-refractivity contribution in [1.29, 1.82) is 0 Å². The third kappa shape index (κ3) is 3.23. The molecule has 1 amide bonds. The summed E-state index contributed by atoms with van der Waals surface area (Å²) >= 11 is 11.0. The smallest absolute Gasteiger partial charge is 0.253 e. The zero-order valence-corrected chi connectivity index (χ0v) is 12.1. The zero-order valence-electron chi connectivity index (χ0n) is 10.5. The molecule has 1 heterocycles. The lowest BCUT2D eigenvalue weighted by atomic mass is 10.0. The van der Waals surface area contributed by atoms with Crippen LogP contribution >= 0.6 is 23.8 Å². The fourth-order valence-corrected chi connectivity index (χ4v) is 2.36. The molecule has 102 valence electrons. The van der Waals surface area contributed by atoms with Crippen LogP contribution in [0, 0.1) is 5.92 Å². The van der Waals surface area contributed by atoms with E-state index in [1.165, 1.54) is 0 Å². The fourth-order valence-electron chi connectivity index (χ4n) is 2.00. The van der Waals surface area contributed by atoms with Gasteiger partial charge in [0.2, 0.25) is 0 Å². The lowest BCUT2D eigenvalue weighted by molar-refractivity contribution is -0.126. The van der Waals surface area contributed by atoms with Gasteiger partial charge in [0.1, 0.15) is 11.1 Å². The molecule has 1 aromatic rings. The SMILES string of the molecule is CC1CCOC1C(=O)Nc1ccc(C(N)=S)cc1Cl. The Hall–Kier alpha value is -1.17. The first-order valence-electron chi connectivity index (χ1n) is 6.01. The van der Waals surface area contributed by atoms with Crippen molar-refractivity contribution in [1.82, 2.24) is 0 Å². The molecular weight excluding hydrogens is 284 g/mol. The third-order valence-corrected chi connectivity index (χ3v) is 3.71. The molecule has 2 rings (SSSR count). The molecule has 3 N–H and O–H groups in total. The van der Waals surface area contributed by atoms with Gasteiger partial charge in [0.25, 0.3) is 5.91 Å². The molecule has 1 aliphatic rings. The van der Waals surface area contributed by atoms with Crippen molar-refractivity contribution < 1.29 is 9.53 Å². The second kappa shape index (κ2) is 5.86. The molecule has 1 saturated heterocycles. The molecule has 0 aliphatic carbocycles. The largest absolute Gasteiger partial charge is 0.389 e. The molecule has 1 fully saturated rings. The number of ether oxygens (including phenoxy) is 1. The van der Waals surface area contributed by atoms with E-state index in [1.807, 2.05) is 6.92 Å². The van der Waals surface area contributed by atoms with Crippen LogP contribution in [0.2, 0.25) is 5.02 Å². The summed E-state index contributed by atoms with van der Waals surface area (Å²) in [5.41, 5.74) is 6.72. The average molecular weight is 299 g/mol. The van der Waals surface area contributed by atoms with Gasteiger partial charge < -0.3 is 15.8 Å². The number of carbonyl (C=O) groups is 1. The molecule has 0 radical (unpaired) electrons. The van der Waals surface area contributed by atoms with Gasteiger partial charge in [0, 0.05) is 12.2 Å². The van der Waals surface area contributed by atoms with Gasteiger partial charge in [-0.05, 0) is 30.5 Å². The van der Waals surface area contributed by atoms with E-state index in [9.17, 15) is 4.79 Å². The quantitative estimate of drug-likeness (QED) is 0.841. The Kier molecular flexibility index (Phi) is 4.39. The Bertz CT molecular complexity index is 521. The number of nitrogens with two attached hydrogens (primary N) is 1. The van der Waals surface area contributed by atoms with Gasteiger partial charge >= 0.3 is 0 Å². The van der Waals surface area contributed by atoms with Crippen LogP contribution in [0.1, 0.15) is 18.9 Å². The highest BCUT2D eigenvalue weighted by Gasteiger charge is 2.31. The molecule has 1 aromatic carbocycles. The van der Waals surface area contributed by atoms with E-state index in [2.05, 4.69) is 5.32 Å². The number of nitrogens with one attached hydrogen (secondary N) is 1. The highest BCUT2D eigenvalue weighted by molar-refractivity contribution is 7.80. The summed E-state index contributed by atoms with van der Waals surface area (Å²) < 4.78 is 5.41. The van der Waals surface area contributed by atoms with Crippen LogP contribution in [0.15, 0.2) is 18.2 Å². The second-order valence-corrected chi connectivity index (χ2v) is 5.45. The molecule has 2 atom stereocenters. The predicted molar refractivity (Wildman–Crippen MR) is 79.5 cm³/mol. The maximum absolute atomic E-state index is 12.1. The third-order valence-electron chi connectivity index (χ3n) is 3.16. The predicted octanol–water partition coefficient (Wildman–Crippen LogP) is 2.34. The van der Waals surface area contributed by atoms with Crippen molar-refractivity contribution >= 4 is 40.4 Å². The zero-order chi connectivity index (χ0) is 14.0. The molecule has 6 heteroatoms. The topological polar surface area (TPSA) is 64.3 Å². The van der Waals surface area contributed by atoms with E-state index in [0.717, 1.165) is 6.42 Å². The molecular formula is C13H15ClN2O2S. The number of benzene rings is 1. The first-order valence-corrected chi connectivity index (χ1v) is 6.79. The van der Waals surface area contributed by atoms with Crippen molar-refractivity contribution in [3.63, 3.8) is 0 Å². The fraction of sp³-hybridized carbons (Fsp3) is 0.385. The Morgan fingerprint density at radius 3 is 2.84 bits per heavy atom. The summed E-state index contributed by atoms with van der Waals surface area (Å²) in [6.45, 7) is 2.61. The minimum absolute atomic E-state index is 0.171. The lowest BCUT2D eigenvalue weighted by Crippen LogP contribution is -2.31. The van der Waals surface area contributed by atoms with Gasteiger partial charge in [-0.3, -0.25) is 4.79 Å². The highest BCUT2D eigenvalue weighted by Crippen LogP contribution is 2.26. The Balaban J connectivity index is 2.11. The maximum Gasteiger partial charge on any atom is 0.253 e. The van der Waals surface area contributed by atoms with E-state index in [0.29, 0.717) is 22.9 Å². The maximum atomic E-state index is 12.1. The molecule has 2 unspecified atom stereocenters. The van der Waals surface area contributed by atoms with E-state index < -0.39 is 6.10 Å². The Labute approximate surface area is 122 Å². The first kappa shape index (κ1) is 14.2. The number of rotatable bonds is 3. The first-order chi connectivity index (χ1) is 8.99. The van der Waals surface area contributed by atoms with Gasteiger partial charge in [-0.2, -0.15) is 0 Å². The number of carbonyl (C=O) groups excluding carboxylic acids is 1. The number of halogens is 1. The summed E-state index contributed by atoms with van der Waals surface area (Å²) in [5.74, 6) is 0.0460. The minimum Gasteiger partial charge on any atom is -0.389 e. The van der Waals surface area contributed by atoms with Gasteiger partial charge in [-0.15, -0.1) is 0 Å². The summed E-state index contributed by atoms with van der Waals surface area (Å²) in [7, 11) is 0. The van der Waals surface area contributed by atoms with Crippen LogP contribution in [-0.4, -0.2) is 23.6 Å². The number of anilines is 1. The summed E-state index contributed by atoms with van der Waals surface area (Å²) in [4.78, 5) is 12.3. The highest BCUT2D eigenvalue weighted by atomic mass is 35.5. The van der Waals surface area contributed by atoms with Crippen LogP contribution in [0.25, 0.3) is 0 Å². The number of amides is 1. The van der Waals surface area contributed by atoms with Crippen molar-refractivity contribution in [2.24, 2.45) is 11.7 Å². The van der Waals surface area contributed by atoms with Crippen LogP contribution in [0.3, 0.4) is 0 Å². The van der Waals surface area contributed by atoms with Gasteiger partial charge in [0.15, 0.2) is 0 Å². The van der Waals surface area contributed by atoms with Crippen molar-refractivity contribution in [2.75, 3.05) is 11.9 Å². The van der Waals surface area contributed by atoms with Crippen LogP contribution in [-0.2, 0) is 9.53 Å². The normalized spacial score (nSPS) is 22.2. The Morgan fingerprint density at radius 1 is 1.58 bits per heavy atom. The molecule has 1 aliphatic heterocycles. The number of hydrogen-bond donors (Lipinski definition) is 2. The molecule has 0 saturated carbocycles. The molecule has 0 aromatic heterocycles. The summed E-state index contributed by atoms with van der Waals surface area (Å²) in [6, 6.07) is 5.05. The van der Waals surface area contributed by atoms with Crippen LogP contribution in [0.4, 0.5) is 5.69 Å². The lowest BCUT2D eigenvalue weighted by Gasteiger charge is -2.15. The van der Waals surface area contributed by atoms with Crippen molar-refractivity contribution in [3.05, 3.63) is 28.8 Å². The van der Waals surface area contributed by atoms with Crippen LogP contribution < -0.4 is 11.1 Å². The molecule has 19 heavy (non-hydrogen) atoms. The van der Waals surface area contributed by atoms with Gasteiger partial charge in [0.05, 0.1) is 10.7 Å².